The zero-order valence-corrected chi connectivity index (χ0v) is 11.5. The summed E-state index contributed by atoms with van der Waals surface area (Å²) in [5, 5.41) is 9.67. The van der Waals surface area contributed by atoms with Gasteiger partial charge in [0.15, 0.2) is 0 Å². The summed E-state index contributed by atoms with van der Waals surface area (Å²) >= 11 is 0. The Morgan fingerprint density at radius 3 is 2.25 bits per heavy atom. The number of benzene rings is 2. The van der Waals surface area contributed by atoms with Crippen LogP contribution >= 0.6 is 0 Å². The highest BCUT2D eigenvalue weighted by molar-refractivity contribution is 5.46. The van der Waals surface area contributed by atoms with E-state index in [9.17, 15) is 9.50 Å². The third-order valence-electron chi connectivity index (χ3n) is 3.42. The molecule has 20 heavy (non-hydrogen) atoms. The number of anilines is 1. The lowest BCUT2D eigenvalue weighted by Gasteiger charge is -2.33. The second-order valence-electron chi connectivity index (χ2n) is 5.01. The largest absolute Gasteiger partial charge is 0.394 e. The quantitative estimate of drug-likeness (QED) is 0.878. The fourth-order valence-electron chi connectivity index (χ4n) is 2.21. The fourth-order valence-corrected chi connectivity index (χ4v) is 2.21. The fraction of sp³-hybridized carbons (Fsp3) is 0.250. The van der Waals surface area contributed by atoms with Crippen molar-refractivity contribution >= 4 is 5.69 Å². The minimum absolute atomic E-state index is 0.164. The number of aliphatic hydroxyl groups is 1. The van der Waals surface area contributed by atoms with E-state index >= 15 is 0 Å². The first-order valence-corrected chi connectivity index (χ1v) is 6.47. The number of likely N-dealkylation sites (N-methyl/N-ethyl adjacent to an activating group) is 1. The van der Waals surface area contributed by atoms with Crippen LogP contribution in [0.2, 0.25) is 0 Å². The van der Waals surface area contributed by atoms with Crippen LogP contribution in [0, 0.1) is 5.82 Å². The molecule has 0 aromatic heterocycles. The molecule has 1 atom stereocenters. The number of rotatable bonds is 5. The first-order chi connectivity index (χ1) is 9.55. The average molecular weight is 274 g/mol. The Hall–Kier alpha value is -1.91. The van der Waals surface area contributed by atoms with E-state index in [1.807, 2.05) is 42.3 Å². The molecule has 2 aromatic carbocycles. The topological polar surface area (TPSA) is 49.5 Å². The zero-order chi connectivity index (χ0) is 14.6. The van der Waals surface area contributed by atoms with E-state index in [2.05, 4.69) is 0 Å². The molecule has 0 bridgehead atoms. The highest BCUT2D eigenvalue weighted by atomic mass is 19.1. The molecule has 4 heteroatoms. The molecule has 106 valence electrons. The molecule has 0 radical (unpaired) electrons. The summed E-state index contributed by atoms with van der Waals surface area (Å²) in [7, 11) is 1.87. The van der Waals surface area contributed by atoms with Crippen LogP contribution in [-0.2, 0) is 5.54 Å². The molecule has 3 nitrogen and oxygen atoms in total. The van der Waals surface area contributed by atoms with Crippen molar-refractivity contribution in [3.63, 3.8) is 0 Å². The number of nitrogens with two attached hydrogens (primary N) is 1. The predicted octanol–water partition coefficient (Wildman–Crippen LogP) is 2.11. The van der Waals surface area contributed by atoms with Crippen molar-refractivity contribution in [1.29, 1.82) is 0 Å². The van der Waals surface area contributed by atoms with Crippen molar-refractivity contribution in [2.24, 2.45) is 5.73 Å². The van der Waals surface area contributed by atoms with Crippen LogP contribution in [-0.4, -0.2) is 25.3 Å². The first-order valence-electron chi connectivity index (χ1n) is 6.47. The molecular weight excluding hydrogens is 255 g/mol. The molecule has 0 spiro atoms. The minimum atomic E-state index is -0.857. The SMILES string of the molecule is CN(CC(N)(CO)c1ccccc1)c1ccc(F)cc1. The van der Waals surface area contributed by atoms with Crippen LogP contribution in [0.25, 0.3) is 0 Å². The molecule has 0 saturated heterocycles. The van der Waals surface area contributed by atoms with Gasteiger partial charge in [0.25, 0.3) is 0 Å². The van der Waals surface area contributed by atoms with E-state index in [0.29, 0.717) is 6.54 Å². The number of hydrogen-bond acceptors (Lipinski definition) is 3. The Morgan fingerprint density at radius 1 is 1.10 bits per heavy atom. The summed E-state index contributed by atoms with van der Waals surface area (Å²) in [6, 6.07) is 15.7. The Labute approximate surface area is 118 Å². The summed E-state index contributed by atoms with van der Waals surface area (Å²) in [5.41, 5.74) is 7.19. The molecular formula is C16H19FN2O. The lowest BCUT2D eigenvalue weighted by molar-refractivity contribution is 0.200. The van der Waals surface area contributed by atoms with Crippen molar-refractivity contribution in [1.82, 2.24) is 0 Å². The lowest BCUT2D eigenvalue weighted by Crippen LogP contribution is -2.49. The van der Waals surface area contributed by atoms with Crippen LogP contribution in [0.1, 0.15) is 5.56 Å². The maximum Gasteiger partial charge on any atom is 0.123 e. The summed E-state index contributed by atoms with van der Waals surface area (Å²) < 4.78 is 12.9. The number of halogens is 1. The van der Waals surface area contributed by atoms with Gasteiger partial charge in [-0.15, -0.1) is 0 Å². The van der Waals surface area contributed by atoms with Gasteiger partial charge in [0.2, 0.25) is 0 Å². The van der Waals surface area contributed by atoms with Gasteiger partial charge in [0, 0.05) is 19.3 Å². The maximum atomic E-state index is 12.9. The molecule has 0 aliphatic heterocycles. The molecule has 0 aliphatic rings. The van der Waals surface area contributed by atoms with Gasteiger partial charge in [-0.3, -0.25) is 0 Å². The van der Waals surface area contributed by atoms with Gasteiger partial charge in [-0.1, -0.05) is 30.3 Å². The predicted molar refractivity (Wildman–Crippen MR) is 79.1 cm³/mol. The molecule has 0 amide bonds. The smallest absolute Gasteiger partial charge is 0.123 e. The molecule has 2 rings (SSSR count). The highest BCUT2D eigenvalue weighted by Gasteiger charge is 2.28. The standard InChI is InChI=1S/C16H19FN2O/c1-19(15-9-7-14(17)8-10-15)11-16(18,12-20)13-5-3-2-4-6-13/h2-10,20H,11-12,18H2,1H3. The molecule has 0 aliphatic carbocycles. The Balaban J connectivity index is 2.19. The Kier molecular flexibility index (Phi) is 4.37. The summed E-state index contributed by atoms with van der Waals surface area (Å²) in [5.74, 6) is -0.272. The van der Waals surface area contributed by atoms with Crippen LogP contribution in [0.5, 0.6) is 0 Å². The van der Waals surface area contributed by atoms with Crippen LogP contribution in [0.3, 0.4) is 0 Å². The second kappa shape index (κ2) is 6.03. The Morgan fingerprint density at radius 2 is 1.70 bits per heavy atom. The van der Waals surface area contributed by atoms with Crippen molar-refractivity contribution in [3.05, 3.63) is 66.0 Å². The molecule has 1 unspecified atom stereocenters. The molecule has 0 saturated carbocycles. The normalized spacial score (nSPS) is 13.8. The lowest BCUT2D eigenvalue weighted by atomic mass is 9.91. The van der Waals surface area contributed by atoms with Crippen molar-refractivity contribution in [2.75, 3.05) is 25.1 Å². The van der Waals surface area contributed by atoms with Gasteiger partial charge in [0.1, 0.15) is 5.82 Å². The monoisotopic (exact) mass is 274 g/mol. The number of nitrogens with zero attached hydrogens (tertiary/aromatic N) is 1. The van der Waals surface area contributed by atoms with Gasteiger partial charge in [-0.2, -0.15) is 0 Å². The molecule has 0 heterocycles. The Bertz CT molecular complexity index is 544. The van der Waals surface area contributed by atoms with Crippen LogP contribution < -0.4 is 10.6 Å². The van der Waals surface area contributed by atoms with E-state index < -0.39 is 5.54 Å². The summed E-state index contributed by atoms with van der Waals surface area (Å²) in [6.45, 7) is 0.266. The third-order valence-corrected chi connectivity index (χ3v) is 3.42. The molecule has 2 aromatic rings. The van der Waals surface area contributed by atoms with E-state index in [1.54, 1.807) is 12.1 Å². The third kappa shape index (κ3) is 3.15. The summed E-state index contributed by atoms with van der Waals surface area (Å²) in [4.78, 5) is 1.91. The van der Waals surface area contributed by atoms with E-state index in [1.165, 1.54) is 12.1 Å². The van der Waals surface area contributed by atoms with Gasteiger partial charge in [-0.05, 0) is 29.8 Å². The maximum absolute atomic E-state index is 12.9. The van der Waals surface area contributed by atoms with E-state index in [4.69, 9.17) is 5.73 Å². The number of hydrogen-bond donors (Lipinski definition) is 2. The van der Waals surface area contributed by atoms with Gasteiger partial charge in [-0.25, -0.2) is 4.39 Å². The van der Waals surface area contributed by atoms with E-state index in [0.717, 1.165) is 11.3 Å². The van der Waals surface area contributed by atoms with Gasteiger partial charge in [0.05, 0.1) is 12.1 Å². The summed E-state index contributed by atoms with van der Waals surface area (Å²) in [6.07, 6.45) is 0. The second-order valence-corrected chi connectivity index (χ2v) is 5.01. The number of aliphatic hydroxyl groups excluding tert-OH is 1. The molecule has 0 fully saturated rings. The van der Waals surface area contributed by atoms with Gasteiger partial charge >= 0.3 is 0 Å². The first kappa shape index (κ1) is 14.5. The van der Waals surface area contributed by atoms with Crippen LogP contribution in [0.15, 0.2) is 54.6 Å². The van der Waals surface area contributed by atoms with Crippen molar-refractivity contribution in [3.8, 4) is 0 Å². The van der Waals surface area contributed by atoms with Crippen molar-refractivity contribution in [2.45, 2.75) is 5.54 Å². The van der Waals surface area contributed by atoms with Gasteiger partial charge < -0.3 is 15.7 Å². The minimum Gasteiger partial charge on any atom is -0.394 e. The molecule has 3 N–H and O–H groups in total. The van der Waals surface area contributed by atoms with Crippen LogP contribution in [0.4, 0.5) is 10.1 Å². The zero-order valence-electron chi connectivity index (χ0n) is 11.5. The van der Waals surface area contributed by atoms with E-state index in [-0.39, 0.29) is 12.4 Å². The van der Waals surface area contributed by atoms with Crippen molar-refractivity contribution < 1.29 is 9.50 Å². The average Bonchev–Trinajstić information content (AvgIpc) is 2.48. The highest BCUT2D eigenvalue weighted by Crippen LogP contribution is 2.22.